The lowest BCUT2D eigenvalue weighted by Gasteiger charge is -2.16. The van der Waals surface area contributed by atoms with Crippen LogP contribution in [0.2, 0.25) is 0 Å². The van der Waals surface area contributed by atoms with Crippen molar-refractivity contribution in [2.45, 2.75) is 33.5 Å². The highest BCUT2D eigenvalue weighted by Gasteiger charge is 2.26. The molecule has 0 saturated carbocycles. The van der Waals surface area contributed by atoms with Crippen LogP contribution >= 0.6 is 0 Å². The summed E-state index contributed by atoms with van der Waals surface area (Å²) in [5, 5.41) is 0. The Morgan fingerprint density at radius 3 is 2.48 bits per heavy atom. The topological polar surface area (TPSA) is 46.3 Å². The van der Waals surface area contributed by atoms with Gasteiger partial charge in [0, 0.05) is 25.2 Å². The van der Waals surface area contributed by atoms with Crippen LogP contribution in [0.15, 0.2) is 48.5 Å². The molecule has 0 radical (unpaired) electrons. The summed E-state index contributed by atoms with van der Waals surface area (Å²) in [6.07, 6.45) is 0. The van der Waals surface area contributed by atoms with E-state index in [4.69, 9.17) is 5.73 Å². The summed E-state index contributed by atoms with van der Waals surface area (Å²) in [6.45, 7) is 5.87. The van der Waals surface area contributed by atoms with Gasteiger partial charge in [-0.15, -0.1) is 0 Å². The zero-order chi connectivity index (χ0) is 15.2. The normalized spacial score (nSPS) is 12.7. The zero-order valence-corrected chi connectivity index (χ0v) is 12.7. The summed E-state index contributed by atoms with van der Waals surface area (Å²) in [6, 6.07) is 15.9. The van der Waals surface area contributed by atoms with Gasteiger partial charge in [0.1, 0.15) is 0 Å². The Hall–Kier alpha value is -2.13. The van der Waals surface area contributed by atoms with Crippen LogP contribution in [-0.4, -0.2) is 10.8 Å². The fraction of sp³-hybridized carbons (Fsp3) is 0.278. The molecule has 2 aromatic rings. The second-order valence-electron chi connectivity index (χ2n) is 4.84. The molecule has 1 amide bonds. The van der Waals surface area contributed by atoms with E-state index in [1.165, 1.54) is 0 Å². The zero-order valence-electron chi connectivity index (χ0n) is 12.7. The molecule has 0 aliphatic carbocycles. The molecule has 2 aromatic carbocycles. The van der Waals surface area contributed by atoms with Crippen LogP contribution < -0.4 is 5.73 Å². The molecule has 1 aliphatic heterocycles. The van der Waals surface area contributed by atoms with Gasteiger partial charge in [-0.1, -0.05) is 56.3 Å². The molecular weight excluding hydrogens is 260 g/mol. The van der Waals surface area contributed by atoms with E-state index in [-0.39, 0.29) is 5.91 Å². The lowest BCUT2D eigenvalue weighted by atomic mass is 10.1. The van der Waals surface area contributed by atoms with Gasteiger partial charge in [0.05, 0.1) is 0 Å². The minimum Gasteiger partial charge on any atom is -0.330 e. The number of fused-ring (bicyclic) bond motifs is 1. The van der Waals surface area contributed by atoms with Crippen molar-refractivity contribution in [3.8, 4) is 0 Å². The van der Waals surface area contributed by atoms with Gasteiger partial charge in [-0.25, -0.2) is 0 Å². The molecule has 0 atom stereocenters. The predicted octanol–water partition coefficient (Wildman–Crippen LogP) is 3.33. The summed E-state index contributed by atoms with van der Waals surface area (Å²) in [5.41, 5.74) is 9.81. The van der Waals surface area contributed by atoms with Gasteiger partial charge in [0.25, 0.3) is 5.91 Å². The molecule has 110 valence electrons. The second kappa shape index (κ2) is 7.04. The van der Waals surface area contributed by atoms with Crippen LogP contribution in [0, 0.1) is 0 Å². The number of carbonyl (C=O) groups excluding carboxylic acids is 1. The van der Waals surface area contributed by atoms with Crippen LogP contribution in [0.4, 0.5) is 0 Å². The molecule has 3 heteroatoms. The average Bonchev–Trinajstić information content (AvgIpc) is 2.86. The Balaban J connectivity index is 0.000000774. The fourth-order valence-corrected chi connectivity index (χ4v) is 2.52. The maximum atomic E-state index is 12.3. The SMILES string of the molecule is CC.NCc1cccc(CN2Cc3ccccc3C2=O)c1. The summed E-state index contributed by atoms with van der Waals surface area (Å²) in [4.78, 5) is 14.1. The smallest absolute Gasteiger partial charge is 0.254 e. The van der Waals surface area contributed by atoms with E-state index in [1.54, 1.807) is 0 Å². The van der Waals surface area contributed by atoms with Crippen molar-refractivity contribution in [1.29, 1.82) is 0 Å². The molecule has 3 rings (SSSR count). The number of hydrogen-bond acceptors (Lipinski definition) is 2. The number of amides is 1. The van der Waals surface area contributed by atoms with E-state index in [2.05, 4.69) is 6.07 Å². The minimum absolute atomic E-state index is 0.119. The van der Waals surface area contributed by atoms with Gasteiger partial charge in [0.2, 0.25) is 0 Å². The molecule has 3 nitrogen and oxygen atoms in total. The average molecular weight is 282 g/mol. The third-order valence-corrected chi connectivity index (χ3v) is 3.50. The van der Waals surface area contributed by atoms with Crippen molar-refractivity contribution in [2.75, 3.05) is 0 Å². The van der Waals surface area contributed by atoms with Crippen LogP contribution in [0.3, 0.4) is 0 Å². The van der Waals surface area contributed by atoms with Crippen LogP contribution in [0.5, 0.6) is 0 Å². The van der Waals surface area contributed by atoms with Gasteiger partial charge in [-0.3, -0.25) is 4.79 Å². The van der Waals surface area contributed by atoms with Crippen molar-refractivity contribution >= 4 is 5.91 Å². The van der Waals surface area contributed by atoms with Crippen LogP contribution in [-0.2, 0) is 19.6 Å². The number of hydrogen-bond donors (Lipinski definition) is 1. The Labute approximate surface area is 126 Å². The van der Waals surface area contributed by atoms with Crippen molar-refractivity contribution in [3.63, 3.8) is 0 Å². The third kappa shape index (κ3) is 3.31. The van der Waals surface area contributed by atoms with Gasteiger partial charge in [0.15, 0.2) is 0 Å². The molecule has 2 N–H and O–H groups in total. The Morgan fingerprint density at radius 1 is 1.05 bits per heavy atom. The first-order valence-electron chi connectivity index (χ1n) is 7.43. The van der Waals surface area contributed by atoms with Crippen molar-refractivity contribution in [2.24, 2.45) is 5.73 Å². The number of benzene rings is 2. The molecule has 1 heterocycles. The quantitative estimate of drug-likeness (QED) is 0.938. The molecule has 0 aromatic heterocycles. The van der Waals surface area contributed by atoms with Crippen molar-refractivity contribution < 1.29 is 4.79 Å². The number of rotatable bonds is 3. The molecule has 0 fully saturated rings. The van der Waals surface area contributed by atoms with Crippen LogP contribution in [0.1, 0.15) is 40.9 Å². The van der Waals surface area contributed by atoms with E-state index < -0.39 is 0 Å². The molecule has 0 unspecified atom stereocenters. The van der Waals surface area contributed by atoms with Crippen LogP contribution in [0.25, 0.3) is 0 Å². The number of nitrogens with two attached hydrogens (primary N) is 1. The van der Waals surface area contributed by atoms with Gasteiger partial charge in [-0.2, -0.15) is 0 Å². The standard InChI is InChI=1S/C16H16N2O.C2H6/c17-9-12-4-3-5-13(8-12)10-18-11-14-6-1-2-7-15(14)16(18)19;1-2/h1-8H,9-11,17H2;1-2H3. The summed E-state index contributed by atoms with van der Waals surface area (Å²) in [5.74, 6) is 0.119. The highest BCUT2D eigenvalue weighted by molar-refractivity contribution is 5.98. The highest BCUT2D eigenvalue weighted by Crippen LogP contribution is 2.24. The monoisotopic (exact) mass is 282 g/mol. The Kier molecular flexibility index (Phi) is 5.12. The minimum atomic E-state index is 0.119. The number of carbonyl (C=O) groups is 1. The van der Waals surface area contributed by atoms with E-state index in [1.807, 2.05) is 61.2 Å². The summed E-state index contributed by atoms with van der Waals surface area (Å²) < 4.78 is 0. The van der Waals surface area contributed by atoms with Gasteiger partial charge in [-0.05, 0) is 22.8 Å². The number of nitrogens with zero attached hydrogens (tertiary/aromatic N) is 1. The molecule has 0 bridgehead atoms. The Bertz CT molecular complexity index is 622. The Morgan fingerprint density at radius 2 is 1.76 bits per heavy atom. The molecule has 0 saturated heterocycles. The fourth-order valence-electron chi connectivity index (χ4n) is 2.52. The summed E-state index contributed by atoms with van der Waals surface area (Å²) in [7, 11) is 0. The maximum Gasteiger partial charge on any atom is 0.254 e. The van der Waals surface area contributed by atoms with Crippen molar-refractivity contribution in [1.82, 2.24) is 4.90 Å². The lowest BCUT2D eigenvalue weighted by Crippen LogP contribution is -2.23. The summed E-state index contributed by atoms with van der Waals surface area (Å²) >= 11 is 0. The van der Waals surface area contributed by atoms with E-state index in [0.29, 0.717) is 19.6 Å². The van der Waals surface area contributed by atoms with E-state index in [0.717, 1.165) is 22.3 Å². The first-order chi connectivity index (χ1) is 10.3. The second-order valence-corrected chi connectivity index (χ2v) is 4.84. The van der Waals surface area contributed by atoms with Gasteiger partial charge >= 0.3 is 0 Å². The van der Waals surface area contributed by atoms with Crippen molar-refractivity contribution in [3.05, 3.63) is 70.8 Å². The maximum absolute atomic E-state index is 12.3. The highest BCUT2D eigenvalue weighted by atomic mass is 16.2. The van der Waals surface area contributed by atoms with E-state index in [9.17, 15) is 4.79 Å². The third-order valence-electron chi connectivity index (χ3n) is 3.50. The van der Waals surface area contributed by atoms with E-state index >= 15 is 0 Å². The first-order valence-corrected chi connectivity index (χ1v) is 7.43. The lowest BCUT2D eigenvalue weighted by molar-refractivity contribution is 0.0766. The molecule has 1 aliphatic rings. The largest absolute Gasteiger partial charge is 0.330 e. The molecule has 21 heavy (non-hydrogen) atoms. The van der Waals surface area contributed by atoms with Gasteiger partial charge < -0.3 is 10.6 Å². The molecule has 0 spiro atoms. The first kappa shape index (κ1) is 15.3. The predicted molar refractivity (Wildman–Crippen MR) is 85.7 cm³/mol. The molecular formula is C18H22N2O.